The number of aromatic nitrogens is 2. The summed E-state index contributed by atoms with van der Waals surface area (Å²) in [5, 5.41) is 3.09. The Kier molecular flexibility index (Phi) is 4.63. The van der Waals surface area contributed by atoms with Crippen molar-refractivity contribution in [2.75, 3.05) is 11.1 Å². The predicted octanol–water partition coefficient (Wildman–Crippen LogP) is 4.11. The van der Waals surface area contributed by atoms with Gasteiger partial charge in [0.15, 0.2) is 11.0 Å². The smallest absolute Gasteiger partial charge is 0.234 e. The molecule has 3 rings (SSSR count). The van der Waals surface area contributed by atoms with E-state index in [4.69, 9.17) is 0 Å². The number of thioether (sulfide) groups is 1. The zero-order valence-electron chi connectivity index (χ0n) is 11.6. The predicted molar refractivity (Wildman–Crippen MR) is 88.6 cm³/mol. The number of imidazole rings is 1. The Bertz CT molecular complexity index is 861. The molecule has 8 heteroatoms. The van der Waals surface area contributed by atoms with E-state index in [0.29, 0.717) is 5.16 Å². The van der Waals surface area contributed by atoms with Gasteiger partial charge in [0.2, 0.25) is 5.91 Å². The minimum absolute atomic E-state index is 0.0528. The van der Waals surface area contributed by atoms with E-state index in [0.717, 1.165) is 17.6 Å². The normalized spacial score (nSPS) is 10.9. The van der Waals surface area contributed by atoms with Crippen LogP contribution in [-0.2, 0) is 4.79 Å². The van der Waals surface area contributed by atoms with Crippen LogP contribution in [0, 0.1) is 11.6 Å². The third-order valence-corrected chi connectivity index (χ3v) is 4.60. The monoisotopic (exact) mass is 397 g/mol. The van der Waals surface area contributed by atoms with Crippen molar-refractivity contribution in [3.05, 3.63) is 58.8 Å². The number of pyridine rings is 1. The number of benzene rings is 1. The van der Waals surface area contributed by atoms with Crippen molar-refractivity contribution < 1.29 is 13.6 Å². The van der Waals surface area contributed by atoms with Crippen molar-refractivity contribution in [3.8, 4) is 0 Å². The Hall–Kier alpha value is -1.93. The second-order valence-electron chi connectivity index (χ2n) is 4.62. The first kappa shape index (κ1) is 15.9. The van der Waals surface area contributed by atoms with Gasteiger partial charge in [-0.15, -0.1) is 0 Å². The summed E-state index contributed by atoms with van der Waals surface area (Å²) in [7, 11) is 0. The van der Waals surface area contributed by atoms with Gasteiger partial charge in [-0.3, -0.25) is 9.20 Å². The molecule has 0 aliphatic carbocycles. The van der Waals surface area contributed by atoms with E-state index in [-0.39, 0.29) is 15.9 Å². The molecule has 0 radical (unpaired) electrons. The summed E-state index contributed by atoms with van der Waals surface area (Å²) in [5.41, 5.74) is 0.840. The van der Waals surface area contributed by atoms with Gasteiger partial charge >= 0.3 is 0 Å². The molecule has 2 aromatic heterocycles. The van der Waals surface area contributed by atoms with E-state index in [9.17, 15) is 13.6 Å². The SMILES string of the molecule is O=C(CSc1ncc2ccccn12)Nc1c(F)cc(F)cc1Br. The Morgan fingerprint density at radius 3 is 2.96 bits per heavy atom. The van der Waals surface area contributed by atoms with E-state index in [1.165, 1.54) is 11.8 Å². The molecule has 0 atom stereocenters. The number of nitrogens with zero attached hydrogens (tertiary/aromatic N) is 2. The van der Waals surface area contributed by atoms with Gasteiger partial charge < -0.3 is 5.32 Å². The molecule has 0 spiro atoms. The highest BCUT2D eigenvalue weighted by molar-refractivity contribution is 9.10. The van der Waals surface area contributed by atoms with Crippen LogP contribution in [0.3, 0.4) is 0 Å². The molecular weight excluding hydrogens is 388 g/mol. The summed E-state index contributed by atoms with van der Waals surface area (Å²) < 4.78 is 28.7. The maximum Gasteiger partial charge on any atom is 0.234 e. The first-order valence-corrected chi connectivity index (χ1v) is 8.32. The molecule has 0 fully saturated rings. The average Bonchev–Trinajstić information content (AvgIpc) is 2.92. The van der Waals surface area contributed by atoms with E-state index in [2.05, 4.69) is 26.2 Å². The second-order valence-corrected chi connectivity index (χ2v) is 6.41. The second kappa shape index (κ2) is 6.67. The number of rotatable bonds is 4. The van der Waals surface area contributed by atoms with E-state index < -0.39 is 17.5 Å². The van der Waals surface area contributed by atoms with E-state index in [1.54, 1.807) is 6.20 Å². The summed E-state index contributed by atoms with van der Waals surface area (Å²) in [6.45, 7) is 0. The van der Waals surface area contributed by atoms with Crippen LogP contribution in [-0.4, -0.2) is 21.0 Å². The lowest BCUT2D eigenvalue weighted by molar-refractivity contribution is -0.113. The molecule has 0 saturated heterocycles. The van der Waals surface area contributed by atoms with Crippen LogP contribution < -0.4 is 5.32 Å². The molecule has 2 heterocycles. The molecule has 0 aliphatic heterocycles. The average molecular weight is 398 g/mol. The number of anilines is 1. The third kappa shape index (κ3) is 3.53. The highest BCUT2D eigenvalue weighted by Gasteiger charge is 2.14. The molecular formula is C15H10BrF2N3OS. The van der Waals surface area contributed by atoms with Crippen molar-refractivity contribution in [1.82, 2.24) is 9.38 Å². The fourth-order valence-corrected chi connectivity index (χ4v) is 3.27. The number of halogens is 3. The number of fused-ring (bicyclic) bond motifs is 1. The number of hydrogen-bond donors (Lipinski definition) is 1. The lowest BCUT2D eigenvalue weighted by Gasteiger charge is -2.08. The summed E-state index contributed by atoms with van der Waals surface area (Å²) in [6, 6.07) is 7.47. The maximum absolute atomic E-state index is 13.7. The molecule has 0 bridgehead atoms. The van der Waals surface area contributed by atoms with Crippen LogP contribution >= 0.6 is 27.7 Å². The molecule has 23 heavy (non-hydrogen) atoms. The molecule has 118 valence electrons. The van der Waals surface area contributed by atoms with E-state index >= 15 is 0 Å². The number of nitrogens with one attached hydrogen (secondary N) is 1. The fourth-order valence-electron chi connectivity index (χ4n) is 1.99. The first-order valence-electron chi connectivity index (χ1n) is 6.54. The van der Waals surface area contributed by atoms with E-state index in [1.807, 2.05) is 28.8 Å². The zero-order valence-corrected chi connectivity index (χ0v) is 14.0. The van der Waals surface area contributed by atoms with Crippen molar-refractivity contribution in [2.24, 2.45) is 0 Å². The lowest BCUT2D eigenvalue weighted by atomic mass is 10.3. The molecule has 1 amide bonds. The largest absolute Gasteiger partial charge is 0.322 e. The fraction of sp³-hybridized carbons (Fsp3) is 0.0667. The Morgan fingerprint density at radius 1 is 1.35 bits per heavy atom. The van der Waals surface area contributed by atoms with Gasteiger partial charge in [0.1, 0.15) is 5.82 Å². The molecule has 1 aromatic carbocycles. The molecule has 4 nitrogen and oxygen atoms in total. The van der Waals surface area contributed by atoms with Gasteiger partial charge in [-0.2, -0.15) is 0 Å². The quantitative estimate of drug-likeness (QED) is 0.673. The number of amides is 1. The van der Waals surface area contributed by atoms with Gasteiger partial charge in [0.25, 0.3) is 0 Å². The highest BCUT2D eigenvalue weighted by Crippen LogP contribution is 2.27. The maximum atomic E-state index is 13.7. The zero-order chi connectivity index (χ0) is 16.4. The van der Waals surface area contributed by atoms with Gasteiger partial charge in [-0.1, -0.05) is 17.8 Å². The molecule has 1 N–H and O–H groups in total. The molecule has 0 unspecified atom stereocenters. The third-order valence-electron chi connectivity index (χ3n) is 3.01. The van der Waals surface area contributed by atoms with Crippen LogP contribution in [0.1, 0.15) is 0 Å². The van der Waals surface area contributed by atoms with Crippen molar-refractivity contribution in [1.29, 1.82) is 0 Å². The summed E-state index contributed by atoms with van der Waals surface area (Å²) in [6.07, 6.45) is 3.55. The highest BCUT2D eigenvalue weighted by atomic mass is 79.9. The van der Waals surface area contributed by atoms with Gasteiger partial charge in [-0.05, 0) is 34.1 Å². The number of hydrogen-bond acceptors (Lipinski definition) is 3. The van der Waals surface area contributed by atoms with Crippen molar-refractivity contribution in [3.63, 3.8) is 0 Å². The van der Waals surface area contributed by atoms with Gasteiger partial charge in [0.05, 0.1) is 23.2 Å². The van der Waals surface area contributed by atoms with Crippen molar-refractivity contribution in [2.45, 2.75) is 5.16 Å². The first-order chi connectivity index (χ1) is 11.0. The Morgan fingerprint density at radius 2 is 2.17 bits per heavy atom. The lowest BCUT2D eigenvalue weighted by Crippen LogP contribution is -2.16. The molecule has 0 saturated carbocycles. The molecule has 3 aromatic rings. The van der Waals surface area contributed by atoms with Gasteiger partial charge in [0, 0.05) is 16.7 Å². The summed E-state index contributed by atoms with van der Waals surface area (Å²) in [4.78, 5) is 16.2. The van der Waals surface area contributed by atoms with Crippen LogP contribution in [0.2, 0.25) is 0 Å². The van der Waals surface area contributed by atoms with Gasteiger partial charge in [-0.25, -0.2) is 13.8 Å². The van der Waals surface area contributed by atoms with Crippen molar-refractivity contribution >= 4 is 44.8 Å². The van der Waals surface area contributed by atoms with Crippen LogP contribution in [0.5, 0.6) is 0 Å². The Balaban J connectivity index is 1.69. The number of carbonyl (C=O) groups is 1. The van der Waals surface area contributed by atoms with Crippen LogP contribution in [0.4, 0.5) is 14.5 Å². The Labute approximate surface area is 143 Å². The summed E-state index contributed by atoms with van der Waals surface area (Å²) in [5.74, 6) is -1.90. The summed E-state index contributed by atoms with van der Waals surface area (Å²) >= 11 is 4.26. The minimum Gasteiger partial charge on any atom is -0.322 e. The standard InChI is InChI=1S/C15H10BrF2N3OS/c16-11-5-9(17)6-12(18)14(11)20-13(22)8-23-15-19-7-10-3-1-2-4-21(10)15/h1-7H,8H2,(H,20,22). The topological polar surface area (TPSA) is 46.4 Å². The number of carbonyl (C=O) groups excluding carboxylic acids is 1. The minimum atomic E-state index is -0.832. The van der Waals surface area contributed by atoms with Crippen LogP contribution in [0.15, 0.2) is 52.4 Å². The molecule has 0 aliphatic rings. The van der Waals surface area contributed by atoms with Crippen LogP contribution in [0.25, 0.3) is 5.52 Å².